The Balaban J connectivity index is 1.90. The van der Waals surface area contributed by atoms with Crippen molar-refractivity contribution in [1.29, 1.82) is 0 Å². The lowest BCUT2D eigenvalue weighted by Crippen LogP contribution is -2.52. The summed E-state index contributed by atoms with van der Waals surface area (Å²) >= 11 is 0. The van der Waals surface area contributed by atoms with E-state index in [1.165, 1.54) is 0 Å². The third-order valence-corrected chi connectivity index (χ3v) is 8.59. The van der Waals surface area contributed by atoms with Gasteiger partial charge in [-0.2, -0.15) is 0 Å². The molecule has 1 spiro atoms. The zero-order chi connectivity index (χ0) is 27.1. The molecule has 14 atom stereocenters. The van der Waals surface area contributed by atoms with Crippen LogP contribution in [-0.4, -0.2) is 93.4 Å². The number of epoxide rings is 1. The van der Waals surface area contributed by atoms with Crippen molar-refractivity contribution in [1.82, 2.24) is 0 Å². The fourth-order valence-electron chi connectivity index (χ4n) is 5.62. The summed E-state index contributed by atoms with van der Waals surface area (Å²) in [5.41, 5.74) is -1.05. The Kier molecular flexibility index (Phi) is 9.24. The number of rotatable bonds is 2. The number of aliphatic hydroxyl groups is 4. The van der Waals surface area contributed by atoms with Crippen LogP contribution in [0.4, 0.5) is 0 Å². The summed E-state index contributed by atoms with van der Waals surface area (Å²) in [5.74, 6) is -3.81. The minimum absolute atomic E-state index is 0.00507. The van der Waals surface area contributed by atoms with E-state index in [0.29, 0.717) is 0 Å². The maximum Gasteiger partial charge on any atom is 0.311 e. The molecular weight excluding hydrogens is 472 g/mol. The standard InChI is InChI=1S/C26H44O10/c1-11-9-26(10-33-26)24(31)14(4)21(29)12(2)16(6)35-25(32)15(5)23(13(3)20(11)28)36-19-8-18(27)22(30)17(7)34-19/h11-23,27-30H,8-10H2,1-7H3. The van der Waals surface area contributed by atoms with Crippen molar-refractivity contribution < 1.29 is 49.0 Å². The Morgan fingerprint density at radius 3 is 2.00 bits per heavy atom. The van der Waals surface area contributed by atoms with Gasteiger partial charge >= 0.3 is 5.97 Å². The second-order valence-corrected chi connectivity index (χ2v) is 11.4. The average molecular weight is 517 g/mol. The minimum Gasteiger partial charge on any atom is -0.462 e. The van der Waals surface area contributed by atoms with Gasteiger partial charge in [-0.15, -0.1) is 0 Å². The van der Waals surface area contributed by atoms with Gasteiger partial charge in [-0.1, -0.05) is 27.7 Å². The highest BCUT2D eigenvalue weighted by atomic mass is 16.7. The molecule has 208 valence electrons. The van der Waals surface area contributed by atoms with Gasteiger partial charge in [0.05, 0.1) is 43.0 Å². The van der Waals surface area contributed by atoms with Gasteiger partial charge in [0, 0.05) is 24.2 Å². The molecule has 4 N–H and O–H groups in total. The Labute approximate surface area is 213 Å². The molecule has 0 saturated carbocycles. The van der Waals surface area contributed by atoms with Gasteiger partial charge < -0.3 is 39.4 Å². The van der Waals surface area contributed by atoms with Crippen molar-refractivity contribution in [2.24, 2.45) is 29.6 Å². The van der Waals surface area contributed by atoms with Crippen molar-refractivity contribution in [3.63, 3.8) is 0 Å². The van der Waals surface area contributed by atoms with Crippen molar-refractivity contribution in [3.8, 4) is 0 Å². The second-order valence-electron chi connectivity index (χ2n) is 11.4. The number of ketones is 1. The van der Waals surface area contributed by atoms with Crippen LogP contribution >= 0.6 is 0 Å². The minimum atomic E-state index is -1.05. The van der Waals surface area contributed by atoms with Crippen LogP contribution in [0.1, 0.15) is 61.3 Å². The van der Waals surface area contributed by atoms with Crippen molar-refractivity contribution in [2.75, 3.05) is 6.61 Å². The first kappa shape index (κ1) is 29.4. The smallest absolute Gasteiger partial charge is 0.311 e. The van der Waals surface area contributed by atoms with E-state index in [0.717, 1.165) is 0 Å². The van der Waals surface area contributed by atoms with Gasteiger partial charge in [0.25, 0.3) is 0 Å². The molecule has 3 rings (SSSR count). The molecule has 3 fully saturated rings. The molecule has 0 radical (unpaired) electrons. The lowest BCUT2D eigenvalue weighted by atomic mass is 9.76. The van der Waals surface area contributed by atoms with E-state index < -0.39 is 84.3 Å². The van der Waals surface area contributed by atoms with E-state index >= 15 is 0 Å². The van der Waals surface area contributed by atoms with Gasteiger partial charge in [0.1, 0.15) is 12.2 Å². The van der Waals surface area contributed by atoms with Crippen molar-refractivity contribution >= 4 is 11.8 Å². The summed E-state index contributed by atoms with van der Waals surface area (Å²) in [6, 6.07) is 0. The number of aliphatic hydroxyl groups excluding tert-OH is 4. The normalized spacial score (nSPS) is 51.5. The Morgan fingerprint density at radius 1 is 0.833 bits per heavy atom. The third-order valence-electron chi connectivity index (χ3n) is 8.59. The number of ether oxygens (including phenoxy) is 4. The zero-order valence-corrected chi connectivity index (χ0v) is 22.4. The van der Waals surface area contributed by atoms with E-state index in [2.05, 4.69) is 0 Å². The molecule has 10 nitrogen and oxygen atoms in total. The SMILES string of the molecule is CC1CC2(CO2)C(=O)C(C)C(O)C(C)C(C)OC(=O)C(C)C(OC2CC(O)C(O)C(C)O2)C(C)C1O. The average Bonchev–Trinajstić information content (AvgIpc) is 3.62. The number of hydrogen-bond donors (Lipinski definition) is 4. The molecule has 3 aliphatic heterocycles. The summed E-state index contributed by atoms with van der Waals surface area (Å²) in [5, 5.41) is 42.4. The molecule has 3 saturated heterocycles. The fourth-order valence-corrected chi connectivity index (χ4v) is 5.62. The fraction of sp³-hybridized carbons (Fsp3) is 0.923. The maximum atomic E-state index is 13.3. The molecule has 0 aliphatic carbocycles. The number of cyclic esters (lactones) is 1. The van der Waals surface area contributed by atoms with Gasteiger partial charge in [-0.05, 0) is 33.1 Å². The molecule has 0 aromatic rings. The second kappa shape index (κ2) is 11.3. The topological polar surface area (TPSA) is 155 Å². The van der Waals surface area contributed by atoms with E-state index in [-0.39, 0.29) is 31.1 Å². The number of carbonyl (C=O) groups excluding carboxylic acids is 2. The molecule has 0 bridgehead atoms. The number of esters is 1. The van der Waals surface area contributed by atoms with Crippen LogP contribution in [0.15, 0.2) is 0 Å². The highest BCUT2D eigenvalue weighted by Gasteiger charge is 2.56. The number of hydrogen-bond acceptors (Lipinski definition) is 10. The van der Waals surface area contributed by atoms with Gasteiger partial charge in [0.2, 0.25) is 0 Å². The summed E-state index contributed by atoms with van der Waals surface area (Å²) < 4.78 is 23.2. The molecule has 0 aromatic heterocycles. The van der Waals surface area contributed by atoms with Gasteiger partial charge in [-0.25, -0.2) is 0 Å². The monoisotopic (exact) mass is 516 g/mol. The largest absolute Gasteiger partial charge is 0.462 e. The zero-order valence-electron chi connectivity index (χ0n) is 22.4. The summed E-state index contributed by atoms with van der Waals surface area (Å²) in [7, 11) is 0. The Morgan fingerprint density at radius 2 is 1.44 bits per heavy atom. The van der Waals surface area contributed by atoms with Crippen LogP contribution in [0.3, 0.4) is 0 Å². The number of carbonyl (C=O) groups is 2. The van der Waals surface area contributed by atoms with Crippen LogP contribution in [0, 0.1) is 29.6 Å². The van der Waals surface area contributed by atoms with Crippen LogP contribution in [0.2, 0.25) is 0 Å². The predicted octanol–water partition coefficient (Wildman–Crippen LogP) is 0.804. The first-order chi connectivity index (χ1) is 16.7. The number of Topliss-reactive ketones (excluding diaryl/α,β-unsaturated/α-hetero) is 1. The van der Waals surface area contributed by atoms with Crippen LogP contribution < -0.4 is 0 Å². The van der Waals surface area contributed by atoms with Crippen LogP contribution in [0.25, 0.3) is 0 Å². The maximum absolute atomic E-state index is 13.3. The van der Waals surface area contributed by atoms with E-state index in [1.807, 2.05) is 6.92 Å². The molecule has 14 unspecified atom stereocenters. The van der Waals surface area contributed by atoms with E-state index in [9.17, 15) is 30.0 Å². The third kappa shape index (κ3) is 5.95. The lowest BCUT2D eigenvalue weighted by molar-refractivity contribution is -0.273. The summed E-state index contributed by atoms with van der Waals surface area (Å²) in [4.78, 5) is 26.5. The summed E-state index contributed by atoms with van der Waals surface area (Å²) in [6.07, 6.45) is -6.96. The first-order valence-electron chi connectivity index (χ1n) is 13.1. The quantitative estimate of drug-likeness (QED) is 0.306. The Bertz CT molecular complexity index is 773. The van der Waals surface area contributed by atoms with Crippen LogP contribution in [-0.2, 0) is 28.5 Å². The molecule has 3 aliphatic rings. The molecule has 36 heavy (non-hydrogen) atoms. The van der Waals surface area contributed by atoms with Crippen molar-refractivity contribution in [3.05, 3.63) is 0 Å². The predicted molar refractivity (Wildman–Crippen MR) is 128 cm³/mol. The molecule has 0 aromatic carbocycles. The summed E-state index contributed by atoms with van der Waals surface area (Å²) in [6.45, 7) is 12.1. The van der Waals surface area contributed by atoms with E-state index in [1.54, 1.807) is 41.5 Å². The highest BCUT2D eigenvalue weighted by molar-refractivity contribution is 5.92. The molecule has 3 heterocycles. The van der Waals surface area contributed by atoms with Gasteiger partial charge in [-0.3, -0.25) is 9.59 Å². The molecular formula is C26H44O10. The highest BCUT2D eigenvalue weighted by Crippen LogP contribution is 2.41. The van der Waals surface area contributed by atoms with E-state index in [4.69, 9.17) is 18.9 Å². The van der Waals surface area contributed by atoms with Crippen LogP contribution in [0.5, 0.6) is 0 Å². The Hall–Kier alpha value is -1.14. The molecule has 0 amide bonds. The van der Waals surface area contributed by atoms with Crippen molar-refractivity contribution in [2.45, 2.75) is 116 Å². The molecule has 10 heteroatoms. The van der Waals surface area contributed by atoms with Gasteiger partial charge in [0.15, 0.2) is 17.7 Å². The first-order valence-corrected chi connectivity index (χ1v) is 13.1. The lowest BCUT2D eigenvalue weighted by Gasteiger charge is -2.41.